The van der Waals surface area contributed by atoms with Gasteiger partial charge in [0.15, 0.2) is 0 Å². The third kappa shape index (κ3) is 3.05. The Morgan fingerprint density at radius 1 is 1.15 bits per heavy atom. The predicted octanol–water partition coefficient (Wildman–Crippen LogP) is 4.99. The zero-order valence-electron chi connectivity index (χ0n) is 11.8. The van der Waals surface area contributed by atoms with Gasteiger partial charge >= 0.3 is 0 Å². The van der Waals surface area contributed by atoms with E-state index in [2.05, 4.69) is 48.2 Å². The van der Waals surface area contributed by atoms with Gasteiger partial charge in [-0.25, -0.2) is 0 Å². The van der Waals surface area contributed by atoms with Crippen LogP contribution in [0.5, 0.6) is 0 Å². The van der Waals surface area contributed by atoms with Gasteiger partial charge in [-0.3, -0.25) is 4.90 Å². The van der Waals surface area contributed by atoms with Crippen LogP contribution < -0.4 is 0 Å². The summed E-state index contributed by atoms with van der Waals surface area (Å²) in [6, 6.07) is 17.7. The molecule has 2 aromatic rings. The van der Waals surface area contributed by atoms with Crippen LogP contribution in [0.25, 0.3) is 0 Å². The highest BCUT2D eigenvalue weighted by Gasteiger charge is 2.25. The summed E-state index contributed by atoms with van der Waals surface area (Å²) in [7, 11) is 0. The molecule has 1 aliphatic heterocycles. The number of nitrogens with zero attached hydrogens (tertiary/aromatic N) is 1. The first kappa shape index (κ1) is 13.7. The number of rotatable bonds is 3. The van der Waals surface area contributed by atoms with Crippen molar-refractivity contribution in [1.29, 1.82) is 0 Å². The van der Waals surface area contributed by atoms with Crippen molar-refractivity contribution in [2.45, 2.75) is 32.4 Å². The van der Waals surface area contributed by atoms with Gasteiger partial charge < -0.3 is 0 Å². The Labute approximate surface area is 126 Å². The molecule has 1 nitrogen and oxygen atoms in total. The lowest BCUT2D eigenvalue weighted by atomic mass is 10.0. The van der Waals surface area contributed by atoms with Gasteiger partial charge in [0.1, 0.15) is 0 Å². The molecule has 2 aromatic carbocycles. The molecule has 0 radical (unpaired) electrons. The van der Waals surface area contributed by atoms with Crippen molar-refractivity contribution in [2.75, 3.05) is 6.54 Å². The van der Waals surface area contributed by atoms with E-state index in [0.29, 0.717) is 6.04 Å². The van der Waals surface area contributed by atoms with Crippen molar-refractivity contribution in [3.05, 3.63) is 70.2 Å². The van der Waals surface area contributed by atoms with Crippen LogP contribution in [0, 0.1) is 6.92 Å². The van der Waals surface area contributed by atoms with E-state index >= 15 is 0 Å². The van der Waals surface area contributed by atoms with E-state index in [-0.39, 0.29) is 0 Å². The number of benzene rings is 2. The average Bonchev–Trinajstić information content (AvgIpc) is 2.89. The predicted molar refractivity (Wildman–Crippen MR) is 85.0 cm³/mol. The zero-order valence-corrected chi connectivity index (χ0v) is 12.6. The highest BCUT2D eigenvalue weighted by Crippen LogP contribution is 2.33. The van der Waals surface area contributed by atoms with Crippen LogP contribution in [0.15, 0.2) is 48.5 Å². The molecule has 0 aliphatic carbocycles. The van der Waals surface area contributed by atoms with Gasteiger partial charge in [0.2, 0.25) is 0 Å². The van der Waals surface area contributed by atoms with Gasteiger partial charge in [-0.2, -0.15) is 0 Å². The smallest absolute Gasteiger partial charge is 0.0406 e. The molecule has 0 spiro atoms. The number of aryl methyl sites for hydroxylation is 1. The van der Waals surface area contributed by atoms with E-state index in [1.807, 2.05) is 12.1 Å². The quantitative estimate of drug-likeness (QED) is 0.768. The standard InChI is InChI=1S/C18H20ClN/c1-14-4-2-5-16(12-14)18-6-3-11-20(18)13-15-7-9-17(19)10-8-15/h2,4-5,7-10,12,18H,3,6,11,13H2,1H3. The molecular weight excluding hydrogens is 266 g/mol. The minimum Gasteiger partial charge on any atom is -0.292 e. The van der Waals surface area contributed by atoms with Gasteiger partial charge in [0, 0.05) is 17.6 Å². The Morgan fingerprint density at radius 3 is 2.70 bits per heavy atom. The fourth-order valence-electron chi connectivity index (χ4n) is 3.09. The molecule has 1 fully saturated rings. The number of likely N-dealkylation sites (tertiary alicyclic amines) is 1. The summed E-state index contributed by atoms with van der Waals surface area (Å²) >= 11 is 5.96. The average molecular weight is 286 g/mol. The monoisotopic (exact) mass is 285 g/mol. The van der Waals surface area contributed by atoms with E-state index < -0.39 is 0 Å². The molecule has 1 unspecified atom stereocenters. The highest BCUT2D eigenvalue weighted by atomic mass is 35.5. The third-order valence-electron chi connectivity index (χ3n) is 4.09. The Bertz CT molecular complexity index is 576. The Balaban J connectivity index is 1.77. The van der Waals surface area contributed by atoms with Gasteiger partial charge in [-0.1, -0.05) is 53.6 Å². The molecule has 1 aliphatic rings. The normalized spacial score (nSPS) is 19.4. The maximum Gasteiger partial charge on any atom is 0.0406 e. The first-order valence-corrected chi connectivity index (χ1v) is 7.65. The molecule has 2 heteroatoms. The Hall–Kier alpha value is -1.31. The van der Waals surface area contributed by atoms with Crippen LogP contribution in [0.1, 0.15) is 35.6 Å². The van der Waals surface area contributed by atoms with Gasteiger partial charge in [0.25, 0.3) is 0 Å². The molecule has 1 saturated heterocycles. The molecular formula is C18H20ClN. The Kier molecular flexibility index (Phi) is 4.09. The van der Waals surface area contributed by atoms with Crippen LogP contribution in [-0.4, -0.2) is 11.4 Å². The van der Waals surface area contributed by atoms with Gasteiger partial charge in [-0.15, -0.1) is 0 Å². The lowest BCUT2D eigenvalue weighted by Crippen LogP contribution is -2.22. The van der Waals surface area contributed by atoms with Crippen LogP contribution in [0.3, 0.4) is 0 Å². The van der Waals surface area contributed by atoms with Crippen molar-refractivity contribution in [1.82, 2.24) is 4.90 Å². The summed E-state index contributed by atoms with van der Waals surface area (Å²) in [5.74, 6) is 0. The van der Waals surface area contributed by atoms with Gasteiger partial charge in [-0.05, 0) is 49.6 Å². The number of halogens is 1. The van der Waals surface area contributed by atoms with Crippen molar-refractivity contribution in [3.63, 3.8) is 0 Å². The lowest BCUT2D eigenvalue weighted by molar-refractivity contribution is 0.248. The van der Waals surface area contributed by atoms with E-state index in [1.165, 1.54) is 36.1 Å². The van der Waals surface area contributed by atoms with Crippen LogP contribution in [0.4, 0.5) is 0 Å². The minimum atomic E-state index is 0.561. The molecule has 0 bridgehead atoms. The molecule has 0 saturated carbocycles. The van der Waals surface area contributed by atoms with E-state index in [0.717, 1.165) is 11.6 Å². The molecule has 3 rings (SSSR count). The zero-order chi connectivity index (χ0) is 13.9. The first-order valence-electron chi connectivity index (χ1n) is 7.27. The van der Waals surface area contributed by atoms with Crippen LogP contribution in [0.2, 0.25) is 5.02 Å². The van der Waals surface area contributed by atoms with Crippen molar-refractivity contribution >= 4 is 11.6 Å². The second-order valence-corrected chi connectivity index (χ2v) is 6.11. The topological polar surface area (TPSA) is 3.24 Å². The SMILES string of the molecule is Cc1cccc(C2CCCN2Cc2ccc(Cl)cc2)c1. The van der Waals surface area contributed by atoms with Crippen molar-refractivity contribution < 1.29 is 0 Å². The molecule has 0 amide bonds. The summed E-state index contributed by atoms with van der Waals surface area (Å²) in [6.07, 6.45) is 2.54. The number of hydrogen-bond donors (Lipinski definition) is 0. The molecule has 0 aromatic heterocycles. The maximum absolute atomic E-state index is 5.96. The van der Waals surface area contributed by atoms with Crippen LogP contribution >= 0.6 is 11.6 Å². The fraction of sp³-hybridized carbons (Fsp3) is 0.333. The summed E-state index contributed by atoms with van der Waals surface area (Å²) in [5.41, 5.74) is 4.14. The summed E-state index contributed by atoms with van der Waals surface area (Å²) in [4.78, 5) is 2.58. The van der Waals surface area contributed by atoms with Crippen molar-refractivity contribution in [2.24, 2.45) is 0 Å². The van der Waals surface area contributed by atoms with Crippen molar-refractivity contribution in [3.8, 4) is 0 Å². The second-order valence-electron chi connectivity index (χ2n) is 5.67. The lowest BCUT2D eigenvalue weighted by Gasteiger charge is -2.25. The Morgan fingerprint density at radius 2 is 1.95 bits per heavy atom. The summed E-state index contributed by atoms with van der Waals surface area (Å²) < 4.78 is 0. The highest BCUT2D eigenvalue weighted by molar-refractivity contribution is 6.30. The molecule has 20 heavy (non-hydrogen) atoms. The van der Waals surface area contributed by atoms with E-state index in [4.69, 9.17) is 11.6 Å². The second kappa shape index (κ2) is 5.99. The molecule has 104 valence electrons. The molecule has 1 heterocycles. The summed E-state index contributed by atoms with van der Waals surface area (Å²) in [5, 5.41) is 0.811. The van der Waals surface area contributed by atoms with Gasteiger partial charge in [0.05, 0.1) is 0 Å². The third-order valence-corrected chi connectivity index (χ3v) is 4.34. The molecule has 0 N–H and O–H groups in total. The van der Waals surface area contributed by atoms with Crippen LogP contribution in [-0.2, 0) is 6.54 Å². The molecule has 1 atom stereocenters. The minimum absolute atomic E-state index is 0.561. The first-order chi connectivity index (χ1) is 9.72. The summed E-state index contributed by atoms with van der Waals surface area (Å²) in [6.45, 7) is 4.36. The fourth-order valence-corrected chi connectivity index (χ4v) is 3.22. The maximum atomic E-state index is 5.96. The van der Waals surface area contributed by atoms with E-state index in [9.17, 15) is 0 Å². The largest absolute Gasteiger partial charge is 0.292 e. The number of hydrogen-bond acceptors (Lipinski definition) is 1. The van der Waals surface area contributed by atoms with E-state index in [1.54, 1.807) is 0 Å².